The second-order valence-electron chi connectivity index (χ2n) is 2.99. The van der Waals surface area contributed by atoms with Gasteiger partial charge in [0.2, 0.25) is 0 Å². The summed E-state index contributed by atoms with van der Waals surface area (Å²) in [5.41, 5.74) is 0.959. The Kier molecular flexibility index (Phi) is 2.91. The van der Waals surface area contributed by atoms with Crippen molar-refractivity contribution in [1.82, 2.24) is 9.78 Å². The number of carboxylic acid groups (broad SMARTS) is 1. The lowest BCUT2D eigenvalue weighted by atomic mass is 10.3. The average Bonchev–Trinajstić information content (AvgIpc) is 2.41. The van der Waals surface area contributed by atoms with E-state index in [1.54, 1.807) is 17.8 Å². The van der Waals surface area contributed by atoms with Crippen LogP contribution in [0.25, 0.3) is 0 Å². The molecule has 2 N–H and O–H groups in total. The largest absolute Gasteiger partial charge is 0.479 e. The molecule has 0 aromatic carbocycles. The highest BCUT2D eigenvalue weighted by atomic mass is 16.4. The van der Waals surface area contributed by atoms with Gasteiger partial charge in [-0.05, 0) is 6.92 Å². The summed E-state index contributed by atoms with van der Waals surface area (Å²) >= 11 is 0. The van der Waals surface area contributed by atoms with Crippen molar-refractivity contribution in [3.63, 3.8) is 0 Å². The topological polar surface area (TPSA) is 67.2 Å². The van der Waals surface area contributed by atoms with Gasteiger partial charge in [0.05, 0.1) is 0 Å². The quantitative estimate of drug-likeness (QED) is 0.697. The van der Waals surface area contributed by atoms with E-state index in [1.165, 1.54) is 6.08 Å². The van der Waals surface area contributed by atoms with Crippen molar-refractivity contribution in [2.45, 2.75) is 13.0 Å². The molecule has 0 bridgehead atoms. The van der Waals surface area contributed by atoms with Crippen molar-refractivity contribution < 1.29 is 9.90 Å². The van der Waals surface area contributed by atoms with Gasteiger partial charge in [0.1, 0.15) is 11.9 Å². The van der Waals surface area contributed by atoms with Gasteiger partial charge in [-0.3, -0.25) is 4.68 Å². The van der Waals surface area contributed by atoms with Gasteiger partial charge in [0.25, 0.3) is 0 Å². The number of aliphatic carboxylic acids is 1. The van der Waals surface area contributed by atoms with E-state index >= 15 is 0 Å². The van der Waals surface area contributed by atoms with Crippen LogP contribution in [0.4, 0.5) is 5.82 Å². The molecule has 14 heavy (non-hydrogen) atoms. The van der Waals surface area contributed by atoms with Crippen LogP contribution < -0.4 is 5.32 Å². The Morgan fingerprint density at radius 1 is 1.86 bits per heavy atom. The lowest BCUT2D eigenvalue weighted by molar-refractivity contribution is -0.136. The second-order valence-corrected chi connectivity index (χ2v) is 2.99. The molecular formula is C9H13N3O2. The normalized spacial score (nSPS) is 12.1. The van der Waals surface area contributed by atoms with Gasteiger partial charge in [-0.2, -0.15) is 5.10 Å². The first-order valence-electron chi connectivity index (χ1n) is 4.17. The maximum Gasteiger partial charge on any atom is 0.330 e. The van der Waals surface area contributed by atoms with Gasteiger partial charge in [-0.25, -0.2) is 4.79 Å². The summed E-state index contributed by atoms with van der Waals surface area (Å²) in [6, 6.07) is 0.976. The Labute approximate surface area is 82.0 Å². The number of anilines is 1. The predicted octanol–water partition coefficient (Wildman–Crippen LogP) is 0.780. The third-order valence-corrected chi connectivity index (χ3v) is 1.92. The zero-order valence-electron chi connectivity index (χ0n) is 8.19. The predicted molar refractivity (Wildman–Crippen MR) is 53.2 cm³/mol. The molecule has 1 atom stereocenters. The molecule has 1 aromatic heterocycles. The standard InChI is InChI=1S/C9H13N3O2/c1-4-7(9(13)14)10-8-5-6(2)12(3)11-8/h4-5,7H,1H2,2-3H3,(H,10,11)(H,13,14). The molecule has 1 heterocycles. The molecular weight excluding hydrogens is 182 g/mol. The fraction of sp³-hybridized carbons (Fsp3) is 0.333. The molecule has 5 heteroatoms. The van der Waals surface area contributed by atoms with E-state index in [-0.39, 0.29) is 0 Å². The molecule has 76 valence electrons. The van der Waals surface area contributed by atoms with Crippen molar-refractivity contribution in [1.29, 1.82) is 0 Å². The zero-order valence-corrected chi connectivity index (χ0v) is 8.19. The summed E-state index contributed by atoms with van der Waals surface area (Å²) in [6.07, 6.45) is 1.33. The molecule has 5 nitrogen and oxygen atoms in total. The first-order chi connectivity index (χ1) is 6.54. The highest BCUT2D eigenvalue weighted by Gasteiger charge is 2.13. The van der Waals surface area contributed by atoms with Crippen LogP contribution in [0.15, 0.2) is 18.7 Å². The molecule has 1 aromatic rings. The maximum absolute atomic E-state index is 10.7. The van der Waals surface area contributed by atoms with E-state index in [0.29, 0.717) is 5.82 Å². The number of nitrogens with one attached hydrogen (secondary N) is 1. The summed E-state index contributed by atoms with van der Waals surface area (Å²) in [7, 11) is 1.80. The van der Waals surface area contributed by atoms with Crippen LogP contribution >= 0.6 is 0 Å². The first-order valence-corrected chi connectivity index (χ1v) is 4.17. The number of rotatable bonds is 4. The monoisotopic (exact) mass is 195 g/mol. The van der Waals surface area contributed by atoms with Crippen LogP contribution in [0.2, 0.25) is 0 Å². The SMILES string of the molecule is C=CC(Nc1cc(C)n(C)n1)C(=O)O. The number of hydrogen-bond donors (Lipinski definition) is 2. The number of aryl methyl sites for hydroxylation is 2. The van der Waals surface area contributed by atoms with Crippen molar-refractivity contribution in [2.24, 2.45) is 7.05 Å². The Morgan fingerprint density at radius 2 is 2.50 bits per heavy atom. The number of nitrogens with zero attached hydrogens (tertiary/aromatic N) is 2. The molecule has 0 saturated carbocycles. The number of aromatic nitrogens is 2. The van der Waals surface area contributed by atoms with Crippen LogP contribution in [-0.2, 0) is 11.8 Å². The van der Waals surface area contributed by atoms with E-state index in [9.17, 15) is 4.79 Å². The summed E-state index contributed by atoms with van der Waals surface area (Å²) in [5.74, 6) is -0.430. The lowest BCUT2D eigenvalue weighted by Gasteiger charge is -2.07. The molecule has 0 spiro atoms. The summed E-state index contributed by atoms with van der Waals surface area (Å²) in [5, 5.41) is 15.6. The maximum atomic E-state index is 10.7. The molecule has 0 aliphatic rings. The molecule has 0 amide bonds. The van der Waals surface area contributed by atoms with Crippen LogP contribution in [-0.4, -0.2) is 26.9 Å². The summed E-state index contributed by atoms with van der Waals surface area (Å²) < 4.78 is 1.67. The molecule has 1 unspecified atom stereocenters. The zero-order chi connectivity index (χ0) is 10.7. The van der Waals surface area contributed by atoms with E-state index < -0.39 is 12.0 Å². The fourth-order valence-corrected chi connectivity index (χ4v) is 1.01. The molecule has 0 aliphatic heterocycles. The van der Waals surface area contributed by atoms with Gasteiger partial charge in [-0.15, -0.1) is 6.58 Å². The number of carboxylic acids is 1. The second kappa shape index (κ2) is 3.95. The Morgan fingerprint density at radius 3 is 2.86 bits per heavy atom. The summed E-state index contributed by atoms with van der Waals surface area (Å²) in [4.78, 5) is 10.7. The third kappa shape index (κ3) is 2.12. The molecule has 0 aliphatic carbocycles. The van der Waals surface area contributed by atoms with Crippen LogP contribution in [0, 0.1) is 6.92 Å². The minimum Gasteiger partial charge on any atom is -0.479 e. The Hall–Kier alpha value is -1.78. The number of hydrogen-bond acceptors (Lipinski definition) is 3. The van der Waals surface area contributed by atoms with Crippen molar-refractivity contribution in [2.75, 3.05) is 5.32 Å². The van der Waals surface area contributed by atoms with Gasteiger partial charge in [0.15, 0.2) is 0 Å². The van der Waals surface area contributed by atoms with Gasteiger partial charge >= 0.3 is 5.97 Å². The highest BCUT2D eigenvalue weighted by molar-refractivity contribution is 5.79. The highest BCUT2D eigenvalue weighted by Crippen LogP contribution is 2.08. The Balaban J connectivity index is 2.77. The fourth-order valence-electron chi connectivity index (χ4n) is 1.01. The minimum absolute atomic E-state index is 0.539. The van der Waals surface area contributed by atoms with Crippen molar-refractivity contribution >= 4 is 11.8 Å². The van der Waals surface area contributed by atoms with Gasteiger partial charge < -0.3 is 10.4 Å². The van der Waals surface area contributed by atoms with Crippen LogP contribution in [0.3, 0.4) is 0 Å². The first kappa shape index (κ1) is 10.3. The van der Waals surface area contributed by atoms with Crippen LogP contribution in [0.1, 0.15) is 5.69 Å². The van der Waals surface area contributed by atoms with E-state index in [2.05, 4.69) is 17.0 Å². The molecule has 0 saturated heterocycles. The lowest BCUT2D eigenvalue weighted by Crippen LogP contribution is -2.26. The van der Waals surface area contributed by atoms with Gasteiger partial charge in [0, 0.05) is 18.8 Å². The minimum atomic E-state index is -0.969. The molecule has 0 radical (unpaired) electrons. The smallest absolute Gasteiger partial charge is 0.330 e. The number of carbonyl (C=O) groups is 1. The van der Waals surface area contributed by atoms with Crippen molar-refractivity contribution in [3.8, 4) is 0 Å². The average molecular weight is 195 g/mol. The Bertz CT molecular complexity index is 337. The third-order valence-electron chi connectivity index (χ3n) is 1.92. The van der Waals surface area contributed by atoms with Gasteiger partial charge in [-0.1, -0.05) is 6.08 Å². The van der Waals surface area contributed by atoms with Crippen LogP contribution in [0.5, 0.6) is 0 Å². The van der Waals surface area contributed by atoms with E-state index in [4.69, 9.17) is 5.11 Å². The molecule has 1 rings (SSSR count). The summed E-state index contributed by atoms with van der Waals surface area (Å²) in [6.45, 7) is 5.32. The van der Waals surface area contributed by atoms with E-state index in [1.807, 2.05) is 6.92 Å². The molecule has 0 fully saturated rings. The van der Waals surface area contributed by atoms with Crippen molar-refractivity contribution in [3.05, 3.63) is 24.4 Å². The van der Waals surface area contributed by atoms with E-state index in [0.717, 1.165) is 5.69 Å².